The van der Waals surface area contributed by atoms with Crippen molar-refractivity contribution in [3.05, 3.63) is 133 Å². The molecule has 0 aliphatic carbocycles. The fourth-order valence-electron chi connectivity index (χ4n) is 6.60. The Hall–Kier alpha value is -4.80. The van der Waals surface area contributed by atoms with Crippen molar-refractivity contribution in [2.75, 3.05) is 45.9 Å². The number of dihydropyridines is 1. The van der Waals surface area contributed by atoms with Gasteiger partial charge in [-0.15, -0.1) is 0 Å². The molecule has 2 aliphatic rings. The largest absolute Gasteiger partial charge is 0.463 e. The number of non-ortho nitro benzene ring substituents is 1. The lowest BCUT2D eigenvalue weighted by atomic mass is 9.80. The van der Waals surface area contributed by atoms with Crippen LogP contribution in [0.4, 0.5) is 5.69 Å². The number of nitrogens with one attached hydrogen (secondary N) is 1. The van der Waals surface area contributed by atoms with Gasteiger partial charge in [0, 0.05) is 56.3 Å². The molecular weight excluding hydrogens is 608 g/mol. The summed E-state index contributed by atoms with van der Waals surface area (Å²) in [5.74, 6) is -2.06. The number of aryl methyl sites for hydroxylation is 2. The van der Waals surface area contributed by atoms with E-state index in [0.29, 0.717) is 23.5 Å². The summed E-state index contributed by atoms with van der Waals surface area (Å²) in [4.78, 5) is 42.8. The SMILES string of the molecule is CCOC(=O)C1=C(C)NC(C)=C(C(=O)OCCN2CCN(C(c3ccc(C)cc3)c3ccc(C)cc3)CC2)C1c1cccc([N+](=O)[O-])c1. The van der Waals surface area contributed by atoms with E-state index >= 15 is 0 Å². The van der Waals surface area contributed by atoms with Crippen molar-refractivity contribution in [2.24, 2.45) is 0 Å². The van der Waals surface area contributed by atoms with Gasteiger partial charge in [0.05, 0.1) is 34.6 Å². The Morgan fingerprint density at radius 2 is 1.38 bits per heavy atom. The number of carbonyl (C=O) groups is 2. The van der Waals surface area contributed by atoms with Gasteiger partial charge in [0.1, 0.15) is 6.61 Å². The highest BCUT2D eigenvalue weighted by atomic mass is 16.6. The van der Waals surface area contributed by atoms with Gasteiger partial charge in [0.2, 0.25) is 0 Å². The maximum Gasteiger partial charge on any atom is 0.336 e. The number of carbonyl (C=O) groups excluding carboxylic acids is 2. The predicted molar refractivity (Wildman–Crippen MR) is 184 cm³/mol. The number of allylic oxidation sites excluding steroid dienone is 2. The second kappa shape index (κ2) is 15.4. The summed E-state index contributed by atoms with van der Waals surface area (Å²) in [6.45, 7) is 13.6. The van der Waals surface area contributed by atoms with Gasteiger partial charge in [-0.3, -0.25) is 19.9 Å². The molecule has 3 aromatic carbocycles. The number of benzene rings is 3. The summed E-state index contributed by atoms with van der Waals surface area (Å²) in [6, 6.07) is 23.7. The van der Waals surface area contributed by atoms with Crippen molar-refractivity contribution < 1.29 is 24.0 Å². The third-order valence-electron chi connectivity index (χ3n) is 9.09. The molecule has 10 heteroatoms. The number of ether oxygens (including phenoxy) is 2. The minimum atomic E-state index is -0.887. The molecule has 0 radical (unpaired) electrons. The molecule has 0 spiro atoms. The average molecular weight is 653 g/mol. The van der Waals surface area contributed by atoms with E-state index < -0.39 is 22.8 Å². The van der Waals surface area contributed by atoms with Crippen LogP contribution in [0.25, 0.3) is 0 Å². The van der Waals surface area contributed by atoms with Crippen LogP contribution >= 0.6 is 0 Å². The number of esters is 2. The molecule has 0 bridgehead atoms. The first kappa shape index (κ1) is 34.5. The average Bonchev–Trinajstić information content (AvgIpc) is 3.07. The normalized spacial score (nSPS) is 17.3. The van der Waals surface area contributed by atoms with E-state index in [9.17, 15) is 19.7 Å². The molecule has 0 amide bonds. The zero-order chi connectivity index (χ0) is 34.4. The molecule has 1 atom stereocenters. The smallest absolute Gasteiger partial charge is 0.336 e. The molecule has 1 saturated heterocycles. The van der Waals surface area contributed by atoms with E-state index in [1.165, 1.54) is 34.4 Å². The summed E-state index contributed by atoms with van der Waals surface area (Å²) in [6.07, 6.45) is 0. The molecular formula is C38H44N4O6. The third-order valence-corrected chi connectivity index (χ3v) is 9.09. The van der Waals surface area contributed by atoms with Gasteiger partial charge < -0.3 is 14.8 Å². The maximum atomic E-state index is 13.7. The first-order valence-electron chi connectivity index (χ1n) is 16.4. The van der Waals surface area contributed by atoms with Crippen LogP contribution in [0.3, 0.4) is 0 Å². The third kappa shape index (κ3) is 7.83. The van der Waals surface area contributed by atoms with Crippen LogP contribution in [-0.2, 0) is 19.1 Å². The number of piperazine rings is 1. The van der Waals surface area contributed by atoms with Crippen molar-refractivity contribution in [1.29, 1.82) is 0 Å². The molecule has 2 heterocycles. The lowest BCUT2D eigenvalue weighted by molar-refractivity contribution is -0.384. The topological polar surface area (TPSA) is 114 Å². The van der Waals surface area contributed by atoms with E-state index in [2.05, 4.69) is 77.5 Å². The number of hydrogen-bond acceptors (Lipinski definition) is 9. The fourth-order valence-corrected chi connectivity index (χ4v) is 6.60. The van der Waals surface area contributed by atoms with E-state index in [1.807, 2.05) is 0 Å². The van der Waals surface area contributed by atoms with Gasteiger partial charge in [-0.25, -0.2) is 9.59 Å². The quantitative estimate of drug-likeness (QED) is 0.152. The summed E-state index contributed by atoms with van der Waals surface area (Å²) < 4.78 is 11.2. The molecule has 5 rings (SSSR count). The summed E-state index contributed by atoms with van der Waals surface area (Å²) in [5.41, 5.74) is 6.79. The van der Waals surface area contributed by atoms with E-state index in [0.717, 1.165) is 26.2 Å². The molecule has 1 fully saturated rings. The van der Waals surface area contributed by atoms with Gasteiger partial charge in [0.25, 0.3) is 5.69 Å². The lowest BCUT2D eigenvalue weighted by Crippen LogP contribution is -2.48. The summed E-state index contributed by atoms with van der Waals surface area (Å²) in [7, 11) is 0. The van der Waals surface area contributed by atoms with Crippen molar-refractivity contribution in [1.82, 2.24) is 15.1 Å². The van der Waals surface area contributed by atoms with Gasteiger partial charge in [-0.2, -0.15) is 0 Å². The zero-order valence-corrected chi connectivity index (χ0v) is 28.3. The monoisotopic (exact) mass is 652 g/mol. The maximum absolute atomic E-state index is 13.7. The molecule has 2 aliphatic heterocycles. The number of nitrogens with zero attached hydrogens (tertiary/aromatic N) is 3. The first-order valence-corrected chi connectivity index (χ1v) is 16.4. The Balaban J connectivity index is 1.27. The van der Waals surface area contributed by atoms with E-state index in [-0.39, 0.29) is 36.1 Å². The Morgan fingerprint density at radius 3 is 1.90 bits per heavy atom. The molecule has 3 aromatic rings. The molecule has 10 nitrogen and oxygen atoms in total. The van der Waals surface area contributed by atoms with Crippen LogP contribution in [-0.4, -0.2) is 72.6 Å². The van der Waals surface area contributed by atoms with Crippen LogP contribution in [0, 0.1) is 24.0 Å². The van der Waals surface area contributed by atoms with Crippen molar-refractivity contribution in [2.45, 2.75) is 46.6 Å². The molecule has 252 valence electrons. The van der Waals surface area contributed by atoms with Crippen LogP contribution in [0.2, 0.25) is 0 Å². The number of hydrogen-bond donors (Lipinski definition) is 1. The minimum Gasteiger partial charge on any atom is -0.463 e. The van der Waals surface area contributed by atoms with Crippen LogP contribution in [0.15, 0.2) is 95.3 Å². The van der Waals surface area contributed by atoms with Crippen LogP contribution in [0.1, 0.15) is 60.5 Å². The van der Waals surface area contributed by atoms with Crippen LogP contribution in [0.5, 0.6) is 0 Å². The van der Waals surface area contributed by atoms with Crippen molar-refractivity contribution in [3.63, 3.8) is 0 Å². The summed E-state index contributed by atoms with van der Waals surface area (Å²) >= 11 is 0. The highest BCUT2D eigenvalue weighted by molar-refractivity contribution is 6.00. The van der Waals surface area contributed by atoms with E-state index in [1.54, 1.807) is 32.9 Å². The Morgan fingerprint density at radius 1 is 0.833 bits per heavy atom. The molecule has 1 unspecified atom stereocenters. The van der Waals surface area contributed by atoms with Gasteiger partial charge in [0.15, 0.2) is 0 Å². The standard InChI is InChI=1S/C38H44N4O6/c1-6-47-37(43)33-27(4)39-28(5)34(35(33)31-8-7-9-32(24-31)42(45)46)38(44)48-23-22-40-18-20-41(21-19-40)36(29-14-10-25(2)11-15-29)30-16-12-26(3)13-17-30/h7-17,24,35-36,39H,6,18-23H2,1-5H3. The van der Waals surface area contributed by atoms with Gasteiger partial charge >= 0.3 is 11.9 Å². The van der Waals surface area contributed by atoms with Gasteiger partial charge in [-0.1, -0.05) is 71.8 Å². The second-order valence-corrected chi connectivity index (χ2v) is 12.4. The first-order chi connectivity index (χ1) is 23.1. The lowest BCUT2D eigenvalue weighted by Gasteiger charge is -2.39. The fraction of sp³-hybridized carbons (Fsp3) is 0.368. The Labute approximate surface area is 282 Å². The highest BCUT2D eigenvalue weighted by Gasteiger charge is 2.38. The number of nitro groups is 1. The number of rotatable bonds is 11. The van der Waals surface area contributed by atoms with Crippen LogP contribution < -0.4 is 5.32 Å². The highest BCUT2D eigenvalue weighted by Crippen LogP contribution is 2.40. The minimum absolute atomic E-state index is 0.136. The summed E-state index contributed by atoms with van der Waals surface area (Å²) in [5, 5.41) is 14.7. The van der Waals surface area contributed by atoms with Crippen molar-refractivity contribution >= 4 is 17.6 Å². The van der Waals surface area contributed by atoms with Crippen molar-refractivity contribution in [3.8, 4) is 0 Å². The molecule has 48 heavy (non-hydrogen) atoms. The zero-order valence-electron chi connectivity index (χ0n) is 28.3. The molecule has 1 N–H and O–H groups in total. The molecule has 0 aromatic heterocycles. The predicted octanol–water partition coefficient (Wildman–Crippen LogP) is 5.96. The molecule has 0 saturated carbocycles. The second-order valence-electron chi connectivity index (χ2n) is 12.4. The number of nitro benzene ring substituents is 1. The van der Waals surface area contributed by atoms with Gasteiger partial charge in [-0.05, 0) is 51.3 Å². The van der Waals surface area contributed by atoms with E-state index in [4.69, 9.17) is 9.47 Å². The Kier molecular flexibility index (Phi) is 11.1. The Bertz CT molecular complexity index is 1660.